The van der Waals surface area contributed by atoms with E-state index < -0.39 is 0 Å². The Bertz CT molecular complexity index is 228. The zero-order chi connectivity index (χ0) is 6.85. The van der Waals surface area contributed by atoms with Gasteiger partial charge in [0.2, 0.25) is 6.20 Å². The molecule has 1 aromatic rings. The maximum absolute atomic E-state index is 10.3. The molecule has 0 aliphatic rings. The average molecular weight is 165 g/mol. The molecule has 0 bridgehead atoms. The number of hydrogen-bond donors (Lipinski definition) is 0. The van der Waals surface area contributed by atoms with Crippen LogP contribution in [0.3, 0.4) is 0 Å². The van der Waals surface area contributed by atoms with Crippen molar-refractivity contribution in [1.29, 1.82) is 0 Å². The summed E-state index contributed by atoms with van der Waals surface area (Å²) < 4.78 is 0. The lowest BCUT2D eigenvalue weighted by molar-refractivity contribution is -0.669. The van der Waals surface area contributed by atoms with Gasteiger partial charge in [-0.05, 0) is 0 Å². The van der Waals surface area contributed by atoms with Crippen LogP contribution in [0.1, 0.15) is 0 Å². The van der Waals surface area contributed by atoms with Crippen LogP contribution in [0.4, 0.5) is 0 Å². The first kappa shape index (κ1) is 6.58. The van der Waals surface area contributed by atoms with Crippen molar-refractivity contribution in [1.82, 2.24) is 5.10 Å². The molecule has 0 atom stereocenters. The molecule has 0 amide bonds. The van der Waals surface area contributed by atoms with Gasteiger partial charge in [-0.2, -0.15) is 0 Å². The first-order valence-electron chi connectivity index (χ1n) is 2.10. The molecule has 0 aliphatic carbocycles. The number of aromatic nitrogens is 2. The minimum absolute atomic E-state index is 0.210. The maximum atomic E-state index is 10.3. The predicted octanol–water partition coefficient (Wildman–Crippen LogP) is 1.02. The van der Waals surface area contributed by atoms with E-state index >= 15 is 0 Å². The summed E-state index contributed by atoms with van der Waals surface area (Å²) in [7, 11) is 0. The number of halogens is 2. The zero-order valence-corrected chi connectivity index (χ0v) is 5.73. The molecule has 0 radical (unpaired) electrons. The molecule has 1 heterocycles. The minimum Gasteiger partial charge on any atom is -0.594 e. The lowest BCUT2D eigenvalue weighted by atomic mass is 10.6. The van der Waals surface area contributed by atoms with Gasteiger partial charge in [0.1, 0.15) is 11.2 Å². The van der Waals surface area contributed by atoms with Gasteiger partial charge >= 0.3 is 0 Å². The highest BCUT2D eigenvalue weighted by atomic mass is 35.5. The Morgan fingerprint density at radius 2 is 2.11 bits per heavy atom. The zero-order valence-electron chi connectivity index (χ0n) is 4.21. The molecule has 0 unspecified atom stereocenters. The fraction of sp³-hybridized carbons (Fsp3) is 0. The molecule has 0 aliphatic heterocycles. The van der Waals surface area contributed by atoms with E-state index in [1.807, 2.05) is 0 Å². The quantitative estimate of drug-likeness (QED) is 0.425. The van der Waals surface area contributed by atoms with Crippen LogP contribution in [0.15, 0.2) is 12.4 Å². The third kappa shape index (κ3) is 1.43. The summed E-state index contributed by atoms with van der Waals surface area (Å²) >= 11 is 10.9. The topological polar surface area (TPSA) is 39.8 Å². The minimum atomic E-state index is 0.210. The van der Waals surface area contributed by atoms with Gasteiger partial charge in [-0.3, -0.25) is 0 Å². The summed E-state index contributed by atoms with van der Waals surface area (Å²) in [6, 6.07) is 0. The lowest BCUT2D eigenvalue weighted by Gasteiger charge is -1.91. The first-order chi connectivity index (χ1) is 4.20. The summed E-state index contributed by atoms with van der Waals surface area (Å²) in [4.78, 5) is 0.341. The van der Waals surface area contributed by atoms with Crippen molar-refractivity contribution < 1.29 is 4.85 Å². The first-order valence-corrected chi connectivity index (χ1v) is 2.86. The Hall–Kier alpha value is -0.540. The number of rotatable bonds is 0. The Morgan fingerprint density at radius 1 is 1.44 bits per heavy atom. The Kier molecular flexibility index (Phi) is 1.73. The molecule has 0 saturated heterocycles. The lowest BCUT2D eigenvalue weighted by Crippen LogP contribution is -2.29. The van der Waals surface area contributed by atoms with Crippen molar-refractivity contribution in [2.24, 2.45) is 0 Å². The van der Waals surface area contributed by atoms with Gasteiger partial charge in [0.05, 0.1) is 5.02 Å². The van der Waals surface area contributed by atoms with Crippen LogP contribution in [-0.2, 0) is 0 Å². The molecule has 5 heteroatoms. The summed E-state index contributed by atoms with van der Waals surface area (Å²) in [6.45, 7) is 0. The molecule has 48 valence electrons. The van der Waals surface area contributed by atoms with Gasteiger partial charge in [-0.1, -0.05) is 28.0 Å². The standard InChI is InChI=1S/C4H2Cl2N2O/c5-3-1-7-8(9)2-4(3)6/h1-2H. The third-order valence-corrected chi connectivity index (χ3v) is 1.44. The van der Waals surface area contributed by atoms with E-state index in [1.165, 1.54) is 6.20 Å². The van der Waals surface area contributed by atoms with Gasteiger partial charge in [0.25, 0.3) is 0 Å². The molecule has 1 aromatic heterocycles. The van der Waals surface area contributed by atoms with Gasteiger partial charge in [-0.15, -0.1) is 0 Å². The molecule has 0 aromatic carbocycles. The van der Waals surface area contributed by atoms with Crippen LogP contribution in [0.2, 0.25) is 10.0 Å². The molecule has 0 spiro atoms. The fourth-order valence-electron chi connectivity index (χ4n) is 0.361. The van der Waals surface area contributed by atoms with Crippen LogP contribution in [0.5, 0.6) is 0 Å². The SMILES string of the molecule is [O-][n+]1cc(Cl)c(Cl)cn1. The van der Waals surface area contributed by atoms with Crippen LogP contribution in [0, 0.1) is 5.21 Å². The van der Waals surface area contributed by atoms with E-state index in [-0.39, 0.29) is 10.0 Å². The molecule has 9 heavy (non-hydrogen) atoms. The maximum Gasteiger partial charge on any atom is 0.229 e. The van der Waals surface area contributed by atoms with Crippen LogP contribution < -0.4 is 4.85 Å². The van der Waals surface area contributed by atoms with Crippen molar-refractivity contribution in [2.75, 3.05) is 0 Å². The Morgan fingerprint density at radius 3 is 2.56 bits per heavy atom. The molecule has 3 nitrogen and oxygen atoms in total. The second-order valence-electron chi connectivity index (χ2n) is 1.37. The fourth-order valence-corrected chi connectivity index (χ4v) is 0.586. The van der Waals surface area contributed by atoms with E-state index in [0.717, 1.165) is 6.20 Å². The second kappa shape index (κ2) is 2.37. The molecule has 0 fully saturated rings. The summed E-state index contributed by atoms with van der Waals surface area (Å²) in [6.07, 6.45) is 2.28. The normalized spacial score (nSPS) is 9.56. The monoisotopic (exact) mass is 164 g/mol. The Balaban J connectivity index is 3.17. The highest BCUT2D eigenvalue weighted by molar-refractivity contribution is 6.41. The number of hydrogen-bond acceptors (Lipinski definition) is 2. The van der Waals surface area contributed by atoms with Crippen LogP contribution in [0.25, 0.3) is 0 Å². The highest BCUT2D eigenvalue weighted by Crippen LogP contribution is 2.16. The number of nitrogens with zero attached hydrogens (tertiary/aromatic N) is 2. The van der Waals surface area contributed by atoms with Crippen molar-refractivity contribution >= 4 is 23.2 Å². The molecule has 1 rings (SSSR count). The summed E-state index contributed by atoms with van der Waals surface area (Å²) in [5.41, 5.74) is 0. The van der Waals surface area contributed by atoms with Gasteiger partial charge in [0, 0.05) is 5.10 Å². The van der Waals surface area contributed by atoms with E-state index in [0.29, 0.717) is 4.85 Å². The summed E-state index contributed by atoms with van der Waals surface area (Å²) in [5, 5.41) is 14.1. The van der Waals surface area contributed by atoms with Crippen molar-refractivity contribution in [3.63, 3.8) is 0 Å². The highest BCUT2D eigenvalue weighted by Gasteiger charge is 2.00. The van der Waals surface area contributed by atoms with Crippen LogP contribution in [-0.4, -0.2) is 5.10 Å². The summed E-state index contributed by atoms with van der Waals surface area (Å²) in [5.74, 6) is 0. The van der Waals surface area contributed by atoms with Gasteiger partial charge in [0.15, 0.2) is 0 Å². The molecular weight excluding hydrogens is 163 g/mol. The van der Waals surface area contributed by atoms with Gasteiger partial charge < -0.3 is 5.21 Å². The van der Waals surface area contributed by atoms with Gasteiger partial charge in [-0.25, -0.2) is 0 Å². The molecule has 0 N–H and O–H groups in total. The van der Waals surface area contributed by atoms with E-state index in [4.69, 9.17) is 23.2 Å². The van der Waals surface area contributed by atoms with Crippen molar-refractivity contribution in [2.45, 2.75) is 0 Å². The average Bonchev–Trinajstić information content (AvgIpc) is 1.80. The van der Waals surface area contributed by atoms with E-state index in [1.54, 1.807) is 0 Å². The largest absolute Gasteiger partial charge is 0.594 e. The Labute approximate surface area is 61.4 Å². The van der Waals surface area contributed by atoms with Crippen LogP contribution >= 0.6 is 23.2 Å². The molecule has 0 saturated carbocycles. The second-order valence-corrected chi connectivity index (χ2v) is 2.19. The van der Waals surface area contributed by atoms with Crippen molar-refractivity contribution in [3.05, 3.63) is 27.6 Å². The van der Waals surface area contributed by atoms with E-state index in [9.17, 15) is 5.21 Å². The smallest absolute Gasteiger partial charge is 0.229 e. The van der Waals surface area contributed by atoms with E-state index in [2.05, 4.69) is 5.10 Å². The predicted molar refractivity (Wildman–Crippen MR) is 33.2 cm³/mol. The third-order valence-electron chi connectivity index (χ3n) is 0.737. The molecular formula is C4H2Cl2N2O. The van der Waals surface area contributed by atoms with Crippen molar-refractivity contribution in [3.8, 4) is 0 Å².